The first kappa shape index (κ1) is 21.9. The van der Waals surface area contributed by atoms with Gasteiger partial charge in [-0.2, -0.15) is 0 Å². The molecule has 0 fully saturated rings. The van der Waals surface area contributed by atoms with E-state index in [1.807, 2.05) is 29.7 Å². The van der Waals surface area contributed by atoms with Crippen LogP contribution in [0.2, 0.25) is 0 Å². The highest BCUT2D eigenvalue weighted by Crippen LogP contribution is 2.28. The molecule has 0 bridgehead atoms. The highest BCUT2D eigenvalue weighted by molar-refractivity contribution is 5.97. The van der Waals surface area contributed by atoms with E-state index < -0.39 is 0 Å². The highest BCUT2D eigenvalue weighted by atomic mass is 16.5. The van der Waals surface area contributed by atoms with E-state index in [0.29, 0.717) is 48.9 Å². The Labute approximate surface area is 181 Å². The molecular weight excluding hydrogens is 396 g/mol. The summed E-state index contributed by atoms with van der Waals surface area (Å²) in [6.07, 6.45) is 5.45. The number of carbonyl (C=O) groups is 2. The fraction of sp³-hybridized carbons (Fsp3) is 0.261. The average Bonchev–Trinajstić information content (AvgIpc) is 3.31. The molecule has 1 heterocycles. The van der Waals surface area contributed by atoms with Crippen molar-refractivity contribution in [2.45, 2.75) is 26.4 Å². The van der Waals surface area contributed by atoms with Crippen molar-refractivity contribution in [3.05, 3.63) is 72.3 Å². The van der Waals surface area contributed by atoms with Crippen molar-refractivity contribution in [2.24, 2.45) is 0 Å². The van der Waals surface area contributed by atoms with E-state index in [9.17, 15) is 9.59 Å². The van der Waals surface area contributed by atoms with Gasteiger partial charge < -0.3 is 24.7 Å². The Hall–Kier alpha value is -3.81. The van der Waals surface area contributed by atoms with E-state index in [-0.39, 0.29) is 11.8 Å². The van der Waals surface area contributed by atoms with E-state index in [0.717, 1.165) is 5.56 Å². The van der Waals surface area contributed by atoms with Crippen LogP contribution in [0.3, 0.4) is 0 Å². The molecule has 0 aliphatic carbocycles. The van der Waals surface area contributed by atoms with Gasteiger partial charge in [-0.3, -0.25) is 9.59 Å². The third-order valence-electron chi connectivity index (χ3n) is 4.55. The van der Waals surface area contributed by atoms with Gasteiger partial charge in [-0.1, -0.05) is 12.1 Å². The summed E-state index contributed by atoms with van der Waals surface area (Å²) >= 11 is 0. The molecule has 0 saturated heterocycles. The predicted octanol–water partition coefficient (Wildman–Crippen LogP) is 3.25. The van der Waals surface area contributed by atoms with Gasteiger partial charge in [0.15, 0.2) is 11.5 Å². The van der Waals surface area contributed by atoms with Crippen molar-refractivity contribution in [3.8, 4) is 11.5 Å². The SMILES string of the molecule is CCOc1ccc(CNC(=O)c2cccc(NC(=O)CCn3ccnc3)c2)cc1OC. The maximum Gasteiger partial charge on any atom is 0.251 e. The van der Waals surface area contributed by atoms with Crippen molar-refractivity contribution in [3.63, 3.8) is 0 Å². The summed E-state index contributed by atoms with van der Waals surface area (Å²) < 4.78 is 12.7. The Bertz CT molecular complexity index is 1020. The molecule has 162 valence electrons. The lowest BCUT2D eigenvalue weighted by atomic mass is 10.1. The Morgan fingerprint density at radius 2 is 2.00 bits per heavy atom. The number of methoxy groups -OCH3 is 1. The number of benzene rings is 2. The molecule has 8 heteroatoms. The number of nitrogens with one attached hydrogen (secondary N) is 2. The molecule has 0 unspecified atom stereocenters. The summed E-state index contributed by atoms with van der Waals surface area (Å²) in [5.74, 6) is 0.917. The molecule has 3 aromatic rings. The van der Waals surface area contributed by atoms with Crippen LogP contribution in [-0.4, -0.2) is 35.1 Å². The Balaban J connectivity index is 1.55. The number of aryl methyl sites for hydroxylation is 1. The third kappa shape index (κ3) is 6.33. The molecular formula is C23H26N4O4. The summed E-state index contributed by atoms with van der Waals surface area (Å²) in [6.45, 7) is 3.33. The predicted molar refractivity (Wildman–Crippen MR) is 117 cm³/mol. The smallest absolute Gasteiger partial charge is 0.251 e. The lowest BCUT2D eigenvalue weighted by molar-refractivity contribution is -0.116. The first-order valence-corrected chi connectivity index (χ1v) is 10.0. The number of hydrogen-bond donors (Lipinski definition) is 2. The molecule has 0 saturated carbocycles. The normalized spacial score (nSPS) is 10.4. The van der Waals surface area contributed by atoms with Crippen molar-refractivity contribution < 1.29 is 19.1 Å². The second kappa shape index (κ2) is 10.8. The Morgan fingerprint density at radius 3 is 2.74 bits per heavy atom. The fourth-order valence-corrected chi connectivity index (χ4v) is 2.99. The molecule has 0 atom stereocenters. The van der Waals surface area contributed by atoms with Gasteiger partial charge in [0.05, 0.1) is 20.0 Å². The van der Waals surface area contributed by atoms with Crippen LogP contribution in [-0.2, 0) is 17.9 Å². The van der Waals surface area contributed by atoms with Crippen LogP contribution >= 0.6 is 0 Å². The van der Waals surface area contributed by atoms with Gasteiger partial charge in [-0.25, -0.2) is 4.98 Å². The van der Waals surface area contributed by atoms with E-state index >= 15 is 0 Å². The topological polar surface area (TPSA) is 94.5 Å². The van der Waals surface area contributed by atoms with Crippen LogP contribution in [0.5, 0.6) is 11.5 Å². The third-order valence-corrected chi connectivity index (χ3v) is 4.55. The summed E-state index contributed by atoms with van der Waals surface area (Å²) in [7, 11) is 1.58. The first-order chi connectivity index (χ1) is 15.1. The van der Waals surface area contributed by atoms with Gasteiger partial charge in [0.1, 0.15) is 0 Å². The number of carbonyl (C=O) groups excluding carboxylic acids is 2. The minimum atomic E-state index is -0.234. The van der Waals surface area contributed by atoms with E-state index in [1.54, 1.807) is 50.1 Å². The zero-order valence-corrected chi connectivity index (χ0v) is 17.6. The van der Waals surface area contributed by atoms with Crippen LogP contribution in [0.4, 0.5) is 5.69 Å². The molecule has 0 radical (unpaired) electrons. The number of ether oxygens (including phenoxy) is 2. The molecule has 2 aromatic carbocycles. The maximum absolute atomic E-state index is 12.6. The number of hydrogen-bond acceptors (Lipinski definition) is 5. The van der Waals surface area contributed by atoms with Crippen molar-refractivity contribution >= 4 is 17.5 Å². The van der Waals surface area contributed by atoms with Crippen molar-refractivity contribution in [1.82, 2.24) is 14.9 Å². The zero-order valence-electron chi connectivity index (χ0n) is 17.6. The second-order valence-corrected chi connectivity index (χ2v) is 6.78. The van der Waals surface area contributed by atoms with Gasteiger partial charge in [0.25, 0.3) is 5.91 Å². The van der Waals surface area contributed by atoms with Gasteiger partial charge in [-0.05, 0) is 42.8 Å². The lowest BCUT2D eigenvalue weighted by Gasteiger charge is -2.12. The Morgan fingerprint density at radius 1 is 1.13 bits per heavy atom. The minimum absolute atomic E-state index is 0.132. The molecule has 1 aromatic heterocycles. The zero-order chi connectivity index (χ0) is 22.1. The molecule has 2 N–H and O–H groups in total. The summed E-state index contributed by atoms with van der Waals surface area (Å²) in [5.41, 5.74) is 1.92. The molecule has 0 spiro atoms. The lowest BCUT2D eigenvalue weighted by Crippen LogP contribution is -2.23. The quantitative estimate of drug-likeness (QED) is 0.523. The van der Waals surface area contributed by atoms with E-state index in [1.165, 1.54) is 0 Å². The summed E-state index contributed by atoms with van der Waals surface area (Å²) in [5, 5.41) is 5.71. The maximum atomic E-state index is 12.6. The summed E-state index contributed by atoms with van der Waals surface area (Å²) in [4.78, 5) is 28.7. The number of aromatic nitrogens is 2. The summed E-state index contributed by atoms with van der Waals surface area (Å²) in [6, 6.07) is 12.4. The first-order valence-electron chi connectivity index (χ1n) is 10.0. The number of amides is 2. The minimum Gasteiger partial charge on any atom is -0.493 e. The number of rotatable bonds is 10. The van der Waals surface area contributed by atoms with Crippen molar-refractivity contribution in [1.29, 1.82) is 0 Å². The van der Waals surface area contributed by atoms with Gasteiger partial charge in [0.2, 0.25) is 5.91 Å². The Kier molecular flexibility index (Phi) is 7.64. The van der Waals surface area contributed by atoms with Gasteiger partial charge in [0, 0.05) is 43.2 Å². The van der Waals surface area contributed by atoms with Crippen LogP contribution in [0.1, 0.15) is 29.3 Å². The van der Waals surface area contributed by atoms with Gasteiger partial charge in [-0.15, -0.1) is 0 Å². The molecule has 31 heavy (non-hydrogen) atoms. The van der Waals surface area contributed by atoms with E-state index in [4.69, 9.17) is 9.47 Å². The largest absolute Gasteiger partial charge is 0.493 e. The van der Waals surface area contributed by atoms with E-state index in [2.05, 4.69) is 15.6 Å². The molecule has 3 rings (SSSR count). The molecule has 0 aliphatic rings. The standard InChI is InChI=1S/C23H26N4O4/c1-3-31-20-8-7-17(13-21(20)30-2)15-25-23(29)18-5-4-6-19(14-18)26-22(28)9-11-27-12-10-24-16-27/h4-8,10,12-14,16H,3,9,11,15H2,1-2H3,(H,25,29)(H,26,28). The fourth-order valence-electron chi connectivity index (χ4n) is 2.99. The second-order valence-electron chi connectivity index (χ2n) is 6.78. The average molecular weight is 422 g/mol. The monoisotopic (exact) mass is 422 g/mol. The van der Waals surface area contributed by atoms with Gasteiger partial charge >= 0.3 is 0 Å². The molecule has 2 amide bonds. The number of anilines is 1. The molecule has 0 aliphatic heterocycles. The van der Waals surface area contributed by atoms with Crippen LogP contribution in [0.25, 0.3) is 0 Å². The van der Waals surface area contributed by atoms with Crippen LogP contribution in [0, 0.1) is 0 Å². The highest BCUT2D eigenvalue weighted by Gasteiger charge is 2.10. The van der Waals surface area contributed by atoms with Crippen LogP contribution in [0.15, 0.2) is 61.2 Å². The number of imidazole rings is 1. The van der Waals surface area contributed by atoms with Crippen molar-refractivity contribution in [2.75, 3.05) is 19.0 Å². The number of nitrogens with zero attached hydrogens (tertiary/aromatic N) is 2. The van der Waals surface area contributed by atoms with Crippen LogP contribution < -0.4 is 20.1 Å². The molecule has 8 nitrogen and oxygen atoms in total.